The average Bonchev–Trinajstić information content (AvgIpc) is 2.66. The molecule has 0 unspecified atom stereocenters. The van der Waals surface area contributed by atoms with E-state index in [-0.39, 0.29) is 17.4 Å². The summed E-state index contributed by atoms with van der Waals surface area (Å²) in [7, 11) is 0. The number of hydrogen-bond donors (Lipinski definition) is 3. The average molecular weight is 391 g/mol. The lowest BCUT2D eigenvalue weighted by Crippen LogP contribution is -2.45. The first-order valence-electron chi connectivity index (χ1n) is 8.59. The summed E-state index contributed by atoms with van der Waals surface area (Å²) in [6.45, 7) is 1.34. The van der Waals surface area contributed by atoms with Gasteiger partial charge in [-0.05, 0) is 30.9 Å². The molecule has 0 saturated carbocycles. The molecule has 1 fully saturated rings. The first-order valence-corrected chi connectivity index (χ1v) is 8.97. The summed E-state index contributed by atoms with van der Waals surface area (Å²) in [4.78, 5) is 53.7. The van der Waals surface area contributed by atoms with Crippen LogP contribution in [0.3, 0.4) is 0 Å². The number of nitrogens with zero attached hydrogens (tertiary/aromatic N) is 1. The molecule has 2 heterocycles. The number of piperidine rings is 1. The summed E-state index contributed by atoms with van der Waals surface area (Å²) >= 11 is 6.03. The van der Waals surface area contributed by atoms with E-state index in [1.165, 1.54) is 0 Å². The van der Waals surface area contributed by atoms with Gasteiger partial charge in [-0.25, -0.2) is 4.79 Å². The van der Waals surface area contributed by atoms with E-state index in [0.29, 0.717) is 30.2 Å². The molecule has 0 bridgehead atoms. The van der Waals surface area contributed by atoms with Gasteiger partial charge in [0.25, 0.3) is 17.4 Å². The van der Waals surface area contributed by atoms with Crippen LogP contribution in [0.1, 0.15) is 33.6 Å². The summed E-state index contributed by atoms with van der Waals surface area (Å²) in [6.07, 6.45) is 2.75. The Morgan fingerprint density at radius 3 is 2.74 bits per heavy atom. The molecule has 1 atom stereocenters. The standard InChI is InChI=1S/C18H19ClN4O4/c19-14-6-2-1-5-12(14)15(24)20-8-11-4-3-7-23(10-11)17(26)13-9-21-18(27)22-16(13)25/h1-2,5-6,9,11H,3-4,7-8,10H2,(H,20,24)(H2,21,22,25,27)/t11-/m1/s1. The fourth-order valence-electron chi connectivity index (χ4n) is 3.13. The number of carbonyl (C=O) groups is 2. The van der Waals surface area contributed by atoms with Gasteiger partial charge in [0.1, 0.15) is 5.56 Å². The van der Waals surface area contributed by atoms with Crippen molar-refractivity contribution in [3.05, 3.63) is 67.4 Å². The highest BCUT2D eigenvalue weighted by Gasteiger charge is 2.26. The minimum Gasteiger partial charge on any atom is -0.352 e. The molecule has 8 nitrogen and oxygen atoms in total. The highest BCUT2D eigenvalue weighted by atomic mass is 35.5. The third kappa shape index (κ3) is 4.46. The molecule has 1 aliphatic rings. The first kappa shape index (κ1) is 18.9. The van der Waals surface area contributed by atoms with E-state index in [2.05, 4.69) is 10.3 Å². The van der Waals surface area contributed by atoms with Crippen LogP contribution in [0.2, 0.25) is 5.02 Å². The van der Waals surface area contributed by atoms with Crippen LogP contribution >= 0.6 is 11.6 Å². The number of carbonyl (C=O) groups excluding carboxylic acids is 2. The summed E-state index contributed by atoms with van der Waals surface area (Å²) in [6, 6.07) is 6.79. The quantitative estimate of drug-likeness (QED) is 0.722. The van der Waals surface area contributed by atoms with Gasteiger partial charge in [-0.3, -0.25) is 19.4 Å². The zero-order valence-corrected chi connectivity index (χ0v) is 15.2. The number of halogens is 1. The third-order valence-electron chi connectivity index (χ3n) is 4.53. The van der Waals surface area contributed by atoms with Gasteiger partial charge < -0.3 is 15.2 Å². The molecule has 1 aromatic heterocycles. The second kappa shape index (κ2) is 8.22. The lowest BCUT2D eigenvalue weighted by atomic mass is 9.97. The Balaban J connectivity index is 1.61. The van der Waals surface area contributed by atoms with Crippen LogP contribution in [0.5, 0.6) is 0 Å². The van der Waals surface area contributed by atoms with Crippen LogP contribution in [-0.2, 0) is 0 Å². The maximum Gasteiger partial charge on any atom is 0.325 e. The van der Waals surface area contributed by atoms with E-state index >= 15 is 0 Å². The largest absolute Gasteiger partial charge is 0.352 e. The molecule has 27 heavy (non-hydrogen) atoms. The topological polar surface area (TPSA) is 115 Å². The molecule has 2 aromatic rings. The number of aromatic amines is 2. The zero-order valence-electron chi connectivity index (χ0n) is 14.5. The summed E-state index contributed by atoms with van der Waals surface area (Å²) in [5, 5.41) is 3.23. The van der Waals surface area contributed by atoms with Crippen LogP contribution in [0.15, 0.2) is 40.1 Å². The summed E-state index contributed by atoms with van der Waals surface area (Å²) in [5.74, 6) is -0.633. The highest BCUT2D eigenvalue weighted by molar-refractivity contribution is 6.33. The van der Waals surface area contributed by atoms with Crippen molar-refractivity contribution in [2.45, 2.75) is 12.8 Å². The van der Waals surface area contributed by atoms with Crippen LogP contribution in [0, 0.1) is 5.92 Å². The second-order valence-corrected chi connectivity index (χ2v) is 6.84. The molecule has 0 spiro atoms. The SMILES string of the molecule is O=C(NC[C@H]1CCCN(C(=O)c2c[nH]c(=O)[nH]c2=O)C1)c1ccccc1Cl. The molecular weight excluding hydrogens is 372 g/mol. The van der Waals surface area contributed by atoms with Gasteiger partial charge in [0.15, 0.2) is 0 Å². The fraction of sp³-hybridized carbons (Fsp3) is 0.333. The van der Waals surface area contributed by atoms with E-state index in [0.717, 1.165) is 19.0 Å². The van der Waals surface area contributed by atoms with Crippen molar-refractivity contribution in [1.82, 2.24) is 20.2 Å². The third-order valence-corrected chi connectivity index (χ3v) is 4.86. The number of hydrogen-bond acceptors (Lipinski definition) is 4. The van der Waals surface area contributed by atoms with Gasteiger partial charge in [-0.1, -0.05) is 23.7 Å². The number of benzene rings is 1. The Kier molecular flexibility index (Phi) is 5.75. The van der Waals surface area contributed by atoms with Crippen molar-refractivity contribution >= 4 is 23.4 Å². The maximum atomic E-state index is 12.6. The molecule has 1 aromatic carbocycles. The monoisotopic (exact) mass is 390 g/mol. The van der Waals surface area contributed by atoms with Crippen molar-refractivity contribution in [1.29, 1.82) is 0 Å². The molecule has 9 heteroatoms. The predicted molar refractivity (Wildman–Crippen MR) is 100 cm³/mol. The first-order chi connectivity index (χ1) is 13.0. The lowest BCUT2D eigenvalue weighted by Gasteiger charge is -2.32. The van der Waals surface area contributed by atoms with E-state index in [4.69, 9.17) is 11.6 Å². The minimum atomic E-state index is -0.710. The van der Waals surface area contributed by atoms with Crippen molar-refractivity contribution in [3.63, 3.8) is 0 Å². The van der Waals surface area contributed by atoms with E-state index in [1.54, 1.807) is 29.2 Å². The molecule has 3 N–H and O–H groups in total. The second-order valence-electron chi connectivity index (χ2n) is 6.43. The van der Waals surface area contributed by atoms with E-state index in [1.807, 2.05) is 4.98 Å². The Morgan fingerprint density at radius 2 is 2.00 bits per heavy atom. The van der Waals surface area contributed by atoms with Crippen molar-refractivity contribution < 1.29 is 9.59 Å². The molecular formula is C18H19ClN4O4. The fourth-order valence-corrected chi connectivity index (χ4v) is 3.35. The smallest absolute Gasteiger partial charge is 0.325 e. The number of aromatic nitrogens is 2. The van der Waals surface area contributed by atoms with Crippen LogP contribution < -0.4 is 16.6 Å². The molecule has 3 rings (SSSR count). The van der Waals surface area contributed by atoms with Gasteiger partial charge in [0, 0.05) is 25.8 Å². The van der Waals surface area contributed by atoms with Gasteiger partial charge in [0.2, 0.25) is 0 Å². The van der Waals surface area contributed by atoms with Crippen molar-refractivity contribution in [3.8, 4) is 0 Å². The summed E-state index contributed by atoms with van der Waals surface area (Å²) < 4.78 is 0. The number of amides is 2. The Bertz CT molecular complexity index is 968. The van der Waals surface area contributed by atoms with Crippen LogP contribution in [0.4, 0.5) is 0 Å². The number of H-pyrrole nitrogens is 2. The lowest BCUT2D eigenvalue weighted by molar-refractivity contribution is 0.0668. The summed E-state index contributed by atoms with van der Waals surface area (Å²) in [5.41, 5.74) is -1.06. The van der Waals surface area contributed by atoms with Gasteiger partial charge in [0.05, 0.1) is 10.6 Å². The van der Waals surface area contributed by atoms with Gasteiger partial charge >= 0.3 is 5.69 Å². The van der Waals surface area contributed by atoms with Crippen LogP contribution in [0.25, 0.3) is 0 Å². The molecule has 142 valence electrons. The minimum absolute atomic E-state index is 0.0657. The zero-order chi connectivity index (χ0) is 19.4. The molecule has 0 radical (unpaired) electrons. The van der Waals surface area contributed by atoms with E-state index < -0.39 is 17.2 Å². The Morgan fingerprint density at radius 1 is 1.22 bits per heavy atom. The maximum absolute atomic E-state index is 12.6. The Hall–Kier alpha value is -2.87. The normalized spacial score (nSPS) is 16.8. The van der Waals surface area contributed by atoms with Crippen LogP contribution in [-0.4, -0.2) is 46.3 Å². The highest BCUT2D eigenvalue weighted by Crippen LogP contribution is 2.18. The van der Waals surface area contributed by atoms with Gasteiger partial charge in [-0.2, -0.15) is 0 Å². The number of nitrogens with one attached hydrogen (secondary N) is 3. The van der Waals surface area contributed by atoms with Crippen molar-refractivity contribution in [2.24, 2.45) is 5.92 Å². The molecule has 2 amide bonds. The predicted octanol–water partition coefficient (Wildman–Crippen LogP) is 0.999. The van der Waals surface area contributed by atoms with Crippen molar-refractivity contribution in [2.75, 3.05) is 19.6 Å². The van der Waals surface area contributed by atoms with E-state index in [9.17, 15) is 19.2 Å². The molecule has 1 aliphatic heterocycles. The molecule has 1 saturated heterocycles. The van der Waals surface area contributed by atoms with Gasteiger partial charge in [-0.15, -0.1) is 0 Å². The number of rotatable bonds is 4. The number of likely N-dealkylation sites (tertiary alicyclic amines) is 1. The Labute approximate surface area is 159 Å². The molecule has 0 aliphatic carbocycles.